The Morgan fingerprint density at radius 2 is 2.07 bits per heavy atom. The predicted molar refractivity (Wildman–Crippen MR) is 60.5 cm³/mol. The van der Waals surface area contributed by atoms with Crippen molar-refractivity contribution in [3.8, 4) is 0 Å². The number of nitrogens with zero attached hydrogens (tertiary/aromatic N) is 1. The van der Waals surface area contributed by atoms with Crippen molar-refractivity contribution in [2.75, 3.05) is 19.6 Å². The fourth-order valence-corrected chi connectivity index (χ4v) is 2.52. The Balaban J connectivity index is 1.64. The van der Waals surface area contributed by atoms with E-state index in [1.165, 1.54) is 58.2 Å². The molecule has 82 valence electrons. The smallest absolute Gasteiger partial charge is 0.0110 e. The summed E-state index contributed by atoms with van der Waals surface area (Å²) in [6, 6.07) is 1.75. The second-order valence-corrected chi connectivity index (χ2v) is 4.82. The largest absolute Gasteiger partial charge is 0.313 e. The molecule has 1 atom stereocenters. The molecule has 1 heterocycles. The van der Waals surface area contributed by atoms with Gasteiger partial charge in [0.2, 0.25) is 0 Å². The maximum absolute atomic E-state index is 3.61. The lowest BCUT2D eigenvalue weighted by Crippen LogP contribution is -2.43. The normalized spacial score (nSPS) is 29.4. The van der Waals surface area contributed by atoms with Crippen molar-refractivity contribution in [2.45, 2.75) is 57.5 Å². The summed E-state index contributed by atoms with van der Waals surface area (Å²) in [5.41, 5.74) is 0. The molecule has 0 amide bonds. The van der Waals surface area contributed by atoms with Gasteiger partial charge in [-0.15, -0.1) is 0 Å². The summed E-state index contributed by atoms with van der Waals surface area (Å²) in [5.74, 6) is 0. The first-order chi connectivity index (χ1) is 6.90. The molecule has 1 N–H and O–H groups in total. The molecule has 2 aliphatic rings. The molecule has 2 fully saturated rings. The monoisotopic (exact) mass is 196 g/mol. The lowest BCUT2D eigenvalue weighted by atomic mass is 10.0. The van der Waals surface area contributed by atoms with Crippen molar-refractivity contribution in [1.82, 2.24) is 10.2 Å². The third kappa shape index (κ3) is 2.96. The minimum atomic E-state index is 0.875. The van der Waals surface area contributed by atoms with Crippen LogP contribution in [0.25, 0.3) is 0 Å². The van der Waals surface area contributed by atoms with Gasteiger partial charge in [-0.2, -0.15) is 0 Å². The highest BCUT2D eigenvalue weighted by atomic mass is 15.2. The van der Waals surface area contributed by atoms with E-state index in [4.69, 9.17) is 0 Å². The second-order valence-electron chi connectivity index (χ2n) is 4.82. The molecule has 0 aromatic rings. The summed E-state index contributed by atoms with van der Waals surface area (Å²) in [5, 5.41) is 3.61. The van der Waals surface area contributed by atoms with Gasteiger partial charge in [-0.25, -0.2) is 0 Å². The highest BCUT2D eigenvalue weighted by molar-refractivity contribution is 4.82. The van der Waals surface area contributed by atoms with E-state index in [1.54, 1.807) is 0 Å². The van der Waals surface area contributed by atoms with Gasteiger partial charge in [0.1, 0.15) is 0 Å². The van der Waals surface area contributed by atoms with E-state index in [0.717, 1.165) is 12.1 Å². The van der Waals surface area contributed by atoms with Crippen LogP contribution in [0.1, 0.15) is 45.4 Å². The molecule has 0 aromatic heterocycles. The van der Waals surface area contributed by atoms with Crippen molar-refractivity contribution in [3.05, 3.63) is 0 Å². The first-order valence-electron chi connectivity index (χ1n) is 6.37. The van der Waals surface area contributed by atoms with Gasteiger partial charge in [0, 0.05) is 25.2 Å². The standard InChI is InChI=1S/C12H24N2/c1-2-12-5-3-4-9-14(12)10-8-13-11-6-7-11/h11-13H,2-10H2,1H3. The number of likely N-dealkylation sites (tertiary alicyclic amines) is 1. The van der Waals surface area contributed by atoms with E-state index >= 15 is 0 Å². The summed E-state index contributed by atoms with van der Waals surface area (Å²) in [7, 11) is 0. The van der Waals surface area contributed by atoms with Gasteiger partial charge in [-0.1, -0.05) is 13.3 Å². The minimum Gasteiger partial charge on any atom is -0.313 e. The molecule has 1 saturated heterocycles. The van der Waals surface area contributed by atoms with Crippen LogP contribution in [0.5, 0.6) is 0 Å². The van der Waals surface area contributed by atoms with E-state index in [-0.39, 0.29) is 0 Å². The minimum absolute atomic E-state index is 0.875. The molecule has 0 aromatic carbocycles. The highest BCUT2D eigenvalue weighted by Gasteiger charge is 2.22. The molecule has 0 radical (unpaired) electrons. The Morgan fingerprint density at radius 1 is 1.21 bits per heavy atom. The van der Waals surface area contributed by atoms with E-state index in [9.17, 15) is 0 Å². The van der Waals surface area contributed by atoms with Crippen LogP contribution in [0, 0.1) is 0 Å². The molecular weight excluding hydrogens is 172 g/mol. The van der Waals surface area contributed by atoms with Crippen LogP contribution < -0.4 is 5.32 Å². The van der Waals surface area contributed by atoms with Crippen molar-refractivity contribution in [1.29, 1.82) is 0 Å². The first-order valence-corrected chi connectivity index (χ1v) is 6.37. The maximum atomic E-state index is 3.61. The second kappa shape index (κ2) is 5.13. The summed E-state index contributed by atoms with van der Waals surface area (Å²) >= 11 is 0. The molecule has 2 nitrogen and oxygen atoms in total. The number of hydrogen-bond donors (Lipinski definition) is 1. The van der Waals surface area contributed by atoms with Crippen LogP contribution in [0.15, 0.2) is 0 Å². The molecular formula is C12H24N2. The van der Waals surface area contributed by atoms with E-state index in [1.807, 2.05) is 0 Å². The Labute approximate surface area is 88.1 Å². The van der Waals surface area contributed by atoms with Gasteiger partial charge < -0.3 is 5.32 Å². The van der Waals surface area contributed by atoms with Crippen LogP contribution in [0.4, 0.5) is 0 Å². The van der Waals surface area contributed by atoms with Crippen molar-refractivity contribution >= 4 is 0 Å². The molecule has 2 rings (SSSR count). The molecule has 1 unspecified atom stereocenters. The SMILES string of the molecule is CCC1CCCCN1CCNC1CC1. The summed E-state index contributed by atoms with van der Waals surface area (Å²) in [4.78, 5) is 2.69. The molecule has 0 bridgehead atoms. The average molecular weight is 196 g/mol. The Bertz CT molecular complexity index is 166. The maximum Gasteiger partial charge on any atom is 0.0110 e. The molecule has 0 spiro atoms. The zero-order valence-corrected chi connectivity index (χ0v) is 9.47. The van der Waals surface area contributed by atoms with Gasteiger partial charge >= 0.3 is 0 Å². The molecule has 2 heteroatoms. The quantitative estimate of drug-likeness (QED) is 0.723. The molecule has 1 aliphatic carbocycles. The van der Waals surface area contributed by atoms with Gasteiger partial charge in [0.05, 0.1) is 0 Å². The third-order valence-corrected chi connectivity index (χ3v) is 3.63. The lowest BCUT2D eigenvalue weighted by molar-refractivity contribution is 0.145. The zero-order valence-electron chi connectivity index (χ0n) is 9.47. The van der Waals surface area contributed by atoms with Crippen LogP contribution in [-0.4, -0.2) is 36.6 Å². The van der Waals surface area contributed by atoms with Gasteiger partial charge in [-0.05, 0) is 38.6 Å². The Morgan fingerprint density at radius 3 is 2.79 bits per heavy atom. The number of nitrogens with one attached hydrogen (secondary N) is 1. The summed E-state index contributed by atoms with van der Waals surface area (Å²) in [6.07, 6.45) is 8.46. The highest BCUT2D eigenvalue weighted by Crippen LogP contribution is 2.20. The van der Waals surface area contributed by atoms with Crippen molar-refractivity contribution < 1.29 is 0 Å². The molecule has 14 heavy (non-hydrogen) atoms. The van der Waals surface area contributed by atoms with E-state index in [2.05, 4.69) is 17.1 Å². The number of hydrogen-bond acceptors (Lipinski definition) is 2. The fourth-order valence-electron chi connectivity index (χ4n) is 2.52. The third-order valence-electron chi connectivity index (χ3n) is 3.63. The molecule has 1 saturated carbocycles. The topological polar surface area (TPSA) is 15.3 Å². The summed E-state index contributed by atoms with van der Waals surface area (Å²) in [6.45, 7) is 6.15. The van der Waals surface area contributed by atoms with Crippen LogP contribution >= 0.6 is 0 Å². The van der Waals surface area contributed by atoms with Crippen LogP contribution in [-0.2, 0) is 0 Å². The number of rotatable bonds is 5. The van der Waals surface area contributed by atoms with Gasteiger partial charge in [0.25, 0.3) is 0 Å². The van der Waals surface area contributed by atoms with Crippen LogP contribution in [0.2, 0.25) is 0 Å². The average Bonchev–Trinajstić information content (AvgIpc) is 3.03. The first kappa shape index (κ1) is 10.4. The van der Waals surface area contributed by atoms with Gasteiger partial charge in [0.15, 0.2) is 0 Å². The van der Waals surface area contributed by atoms with E-state index < -0.39 is 0 Å². The molecule has 1 aliphatic heterocycles. The van der Waals surface area contributed by atoms with Crippen LogP contribution in [0.3, 0.4) is 0 Å². The van der Waals surface area contributed by atoms with Crippen molar-refractivity contribution in [3.63, 3.8) is 0 Å². The summed E-state index contributed by atoms with van der Waals surface area (Å²) < 4.78 is 0. The predicted octanol–water partition coefficient (Wildman–Crippen LogP) is 2.00. The Kier molecular flexibility index (Phi) is 3.82. The van der Waals surface area contributed by atoms with Gasteiger partial charge in [-0.3, -0.25) is 4.90 Å². The van der Waals surface area contributed by atoms with Crippen molar-refractivity contribution in [2.24, 2.45) is 0 Å². The fraction of sp³-hybridized carbons (Fsp3) is 1.00. The zero-order chi connectivity index (χ0) is 9.80. The Hall–Kier alpha value is -0.0800. The lowest BCUT2D eigenvalue weighted by Gasteiger charge is -2.35. The van der Waals surface area contributed by atoms with E-state index in [0.29, 0.717) is 0 Å². The number of piperidine rings is 1.